The minimum atomic E-state index is 0.550. The molecular formula is C16H19NO. The molecule has 2 heteroatoms. The van der Waals surface area contributed by atoms with Crippen molar-refractivity contribution in [3.05, 3.63) is 41.1 Å². The van der Waals surface area contributed by atoms with Crippen LogP contribution in [-0.2, 0) is 0 Å². The molecule has 1 aromatic rings. The predicted molar refractivity (Wildman–Crippen MR) is 74.3 cm³/mol. The number of aryl methyl sites for hydroxylation is 1. The van der Waals surface area contributed by atoms with Crippen LogP contribution in [0.25, 0.3) is 0 Å². The van der Waals surface area contributed by atoms with E-state index in [2.05, 4.69) is 43.1 Å². The summed E-state index contributed by atoms with van der Waals surface area (Å²) in [6.07, 6.45) is 4.02. The number of aliphatic imine (C=N–C) groups is 1. The van der Waals surface area contributed by atoms with Gasteiger partial charge < -0.3 is 4.74 Å². The van der Waals surface area contributed by atoms with E-state index in [1.54, 1.807) is 0 Å². The highest BCUT2D eigenvalue weighted by Crippen LogP contribution is 2.62. The Labute approximate surface area is 108 Å². The molecule has 1 fully saturated rings. The molecule has 94 valence electrons. The Hall–Kier alpha value is -1.57. The van der Waals surface area contributed by atoms with Gasteiger partial charge in [0, 0.05) is 29.7 Å². The number of nitrogens with zero attached hydrogens (tertiary/aromatic N) is 1. The maximum Gasteiger partial charge on any atom is 0.122 e. The Bertz CT molecular complexity index is 530. The first-order chi connectivity index (χ1) is 8.76. The van der Waals surface area contributed by atoms with Crippen LogP contribution in [0.4, 0.5) is 0 Å². The monoisotopic (exact) mass is 241 g/mol. The van der Waals surface area contributed by atoms with Crippen molar-refractivity contribution in [3.63, 3.8) is 0 Å². The fraction of sp³-hybridized carbons (Fsp3) is 0.438. The summed E-state index contributed by atoms with van der Waals surface area (Å²) in [6.45, 7) is 7.03. The van der Waals surface area contributed by atoms with Crippen molar-refractivity contribution in [2.75, 3.05) is 6.61 Å². The fourth-order valence-electron chi connectivity index (χ4n) is 3.16. The van der Waals surface area contributed by atoms with Gasteiger partial charge in [0.25, 0.3) is 0 Å². The molecule has 0 aromatic heterocycles. The Morgan fingerprint density at radius 2 is 2.22 bits per heavy atom. The van der Waals surface area contributed by atoms with Crippen molar-refractivity contribution >= 4 is 6.21 Å². The van der Waals surface area contributed by atoms with Gasteiger partial charge in [0.2, 0.25) is 0 Å². The molecule has 0 bridgehead atoms. The fourth-order valence-corrected chi connectivity index (χ4v) is 3.16. The number of benzene rings is 1. The number of rotatable bonds is 2. The summed E-state index contributed by atoms with van der Waals surface area (Å²) in [5.41, 5.74) is 3.90. The summed E-state index contributed by atoms with van der Waals surface area (Å²) in [7, 11) is 0. The first-order valence-electron chi connectivity index (χ1n) is 6.64. The van der Waals surface area contributed by atoms with E-state index in [9.17, 15) is 0 Å². The Balaban J connectivity index is 1.94. The van der Waals surface area contributed by atoms with Crippen LogP contribution >= 0.6 is 0 Å². The normalized spacial score (nSPS) is 29.7. The van der Waals surface area contributed by atoms with Gasteiger partial charge in [-0.3, -0.25) is 4.99 Å². The van der Waals surface area contributed by atoms with E-state index in [1.807, 2.05) is 13.1 Å². The van der Waals surface area contributed by atoms with Crippen molar-refractivity contribution in [1.82, 2.24) is 0 Å². The topological polar surface area (TPSA) is 21.6 Å². The molecule has 1 heterocycles. The molecule has 3 rings (SSSR count). The van der Waals surface area contributed by atoms with Crippen molar-refractivity contribution in [2.45, 2.75) is 26.7 Å². The molecular weight excluding hydrogens is 222 g/mol. The lowest BCUT2D eigenvalue weighted by atomic mass is 10.0. The van der Waals surface area contributed by atoms with Crippen LogP contribution in [0, 0.1) is 18.8 Å². The van der Waals surface area contributed by atoms with E-state index in [-0.39, 0.29) is 0 Å². The van der Waals surface area contributed by atoms with E-state index in [1.165, 1.54) is 16.8 Å². The zero-order valence-corrected chi connectivity index (χ0v) is 11.2. The lowest BCUT2D eigenvalue weighted by Gasteiger charge is -2.16. The van der Waals surface area contributed by atoms with Crippen LogP contribution in [0.1, 0.15) is 30.9 Å². The molecule has 0 spiro atoms. The summed E-state index contributed by atoms with van der Waals surface area (Å²) in [5, 5.41) is 0. The summed E-state index contributed by atoms with van der Waals surface area (Å²) in [6, 6.07) is 6.50. The molecule has 1 aliphatic carbocycles. The quantitative estimate of drug-likeness (QED) is 0.723. The van der Waals surface area contributed by atoms with Gasteiger partial charge in [-0.15, -0.1) is 0 Å². The largest absolute Gasteiger partial charge is 0.493 e. The van der Waals surface area contributed by atoms with Crippen LogP contribution in [0.5, 0.6) is 5.75 Å². The minimum Gasteiger partial charge on any atom is -0.493 e. The van der Waals surface area contributed by atoms with Crippen LogP contribution in [-0.4, -0.2) is 12.8 Å². The molecule has 1 aliphatic heterocycles. The summed E-state index contributed by atoms with van der Waals surface area (Å²) in [4.78, 5) is 4.50. The molecule has 2 aliphatic rings. The average molecular weight is 241 g/mol. The van der Waals surface area contributed by atoms with E-state index < -0.39 is 0 Å². The number of fused-ring (bicyclic) bond motifs is 3. The number of allylic oxidation sites excluding steroid dienone is 2. The van der Waals surface area contributed by atoms with Crippen LogP contribution in [0.15, 0.2) is 35.0 Å². The maximum absolute atomic E-state index is 5.86. The number of ether oxygens (including phenoxy) is 1. The second-order valence-corrected chi connectivity index (χ2v) is 5.17. The highest BCUT2D eigenvalue weighted by molar-refractivity contribution is 5.57. The highest BCUT2D eigenvalue weighted by Gasteiger charge is 2.56. The van der Waals surface area contributed by atoms with Crippen LogP contribution in [0.2, 0.25) is 0 Å². The standard InChI is InChI=1S/C16H19NO/c1-4-13(17-5-2)16-12-9-18-14-7-6-10(3)8-11(14)15(12)16/h4-8,12,15-16H,9H2,1-3H3/b13-4-,17-5?. The zero-order valence-electron chi connectivity index (χ0n) is 11.2. The third-order valence-corrected chi connectivity index (χ3v) is 4.04. The highest BCUT2D eigenvalue weighted by atomic mass is 16.5. The van der Waals surface area contributed by atoms with Gasteiger partial charge >= 0.3 is 0 Å². The first-order valence-corrected chi connectivity index (χ1v) is 6.64. The molecule has 1 saturated carbocycles. The zero-order chi connectivity index (χ0) is 12.7. The van der Waals surface area contributed by atoms with Crippen molar-refractivity contribution in [1.29, 1.82) is 0 Å². The molecule has 0 amide bonds. The van der Waals surface area contributed by atoms with Gasteiger partial charge in [0.15, 0.2) is 0 Å². The van der Waals surface area contributed by atoms with Crippen molar-refractivity contribution in [2.24, 2.45) is 16.8 Å². The van der Waals surface area contributed by atoms with Gasteiger partial charge in [-0.05, 0) is 32.4 Å². The van der Waals surface area contributed by atoms with Gasteiger partial charge in [-0.1, -0.05) is 23.8 Å². The minimum absolute atomic E-state index is 0.550. The van der Waals surface area contributed by atoms with E-state index in [0.29, 0.717) is 17.8 Å². The average Bonchev–Trinajstić information content (AvgIpc) is 3.10. The van der Waals surface area contributed by atoms with E-state index in [0.717, 1.165) is 12.4 Å². The molecule has 18 heavy (non-hydrogen) atoms. The molecule has 0 radical (unpaired) electrons. The molecule has 3 unspecified atom stereocenters. The first kappa shape index (κ1) is 11.5. The van der Waals surface area contributed by atoms with Gasteiger partial charge in [-0.2, -0.15) is 0 Å². The van der Waals surface area contributed by atoms with E-state index >= 15 is 0 Å². The molecule has 0 saturated heterocycles. The van der Waals surface area contributed by atoms with Crippen LogP contribution < -0.4 is 4.74 Å². The molecule has 1 aromatic carbocycles. The Morgan fingerprint density at radius 3 is 2.94 bits per heavy atom. The number of hydrogen-bond acceptors (Lipinski definition) is 2. The summed E-state index contributed by atoms with van der Waals surface area (Å²) >= 11 is 0. The maximum atomic E-state index is 5.86. The summed E-state index contributed by atoms with van der Waals surface area (Å²) in [5.74, 6) is 2.85. The van der Waals surface area contributed by atoms with Crippen molar-refractivity contribution in [3.8, 4) is 5.75 Å². The van der Waals surface area contributed by atoms with Crippen molar-refractivity contribution < 1.29 is 4.74 Å². The lowest BCUT2D eigenvalue weighted by molar-refractivity contribution is 0.276. The van der Waals surface area contributed by atoms with Gasteiger partial charge in [-0.25, -0.2) is 0 Å². The second-order valence-electron chi connectivity index (χ2n) is 5.17. The Kier molecular flexibility index (Phi) is 2.73. The SMILES string of the molecule is CC=N/C(=C\C)C1C2COc3ccc(C)cc3C21. The molecule has 0 N–H and O–H groups in total. The van der Waals surface area contributed by atoms with Crippen LogP contribution in [0.3, 0.4) is 0 Å². The lowest BCUT2D eigenvalue weighted by Crippen LogP contribution is -2.08. The molecule has 2 nitrogen and oxygen atoms in total. The number of hydrogen-bond donors (Lipinski definition) is 0. The Morgan fingerprint density at radius 1 is 1.39 bits per heavy atom. The van der Waals surface area contributed by atoms with E-state index in [4.69, 9.17) is 4.74 Å². The smallest absolute Gasteiger partial charge is 0.122 e. The predicted octanol–water partition coefficient (Wildman–Crippen LogP) is 3.71. The van der Waals surface area contributed by atoms with Gasteiger partial charge in [0.05, 0.1) is 6.61 Å². The second kappa shape index (κ2) is 4.27. The third-order valence-electron chi connectivity index (χ3n) is 4.04. The van der Waals surface area contributed by atoms with Gasteiger partial charge in [0.1, 0.15) is 5.75 Å². The molecule has 3 atom stereocenters. The third kappa shape index (κ3) is 1.67. The summed E-state index contributed by atoms with van der Waals surface area (Å²) < 4.78 is 5.86.